The summed E-state index contributed by atoms with van der Waals surface area (Å²) in [6.07, 6.45) is 4.17. The zero-order valence-electron chi connectivity index (χ0n) is 10.9. The molecule has 0 saturated carbocycles. The van der Waals surface area contributed by atoms with Crippen LogP contribution < -0.4 is 5.73 Å². The van der Waals surface area contributed by atoms with Crippen molar-refractivity contribution in [1.29, 1.82) is 0 Å². The summed E-state index contributed by atoms with van der Waals surface area (Å²) >= 11 is 6.02. The summed E-state index contributed by atoms with van der Waals surface area (Å²) in [4.78, 5) is 14.2. The van der Waals surface area contributed by atoms with Crippen molar-refractivity contribution >= 4 is 17.5 Å². The van der Waals surface area contributed by atoms with Crippen LogP contribution in [0.15, 0.2) is 36.9 Å². The maximum Gasteiger partial charge on any atom is 0.240 e. The standard InChI is InChI=1S/C15H19ClN2O/c1-2-5-13(17)15(19)18-9-4-8-14(18)11-6-3-7-12(16)10-11/h2-3,6-7,10,13-14H,1,4-5,8-9,17H2. The van der Waals surface area contributed by atoms with Gasteiger partial charge in [-0.3, -0.25) is 4.79 Å². The Balaban J connectivity index is 2.17. The quantitative estimate of drug-likeness (QED) is 0.861. The van der Waals surface area contributed by atoms with Crippen LogP contribution in [0.2, 0.25) is 5.02 Å². The van der Waals surface area contributed by atoms with Gasteiger partial charge in [0, 0.05) is 11.6 Å². The van der Waals surface area contributed by atoms with Gasteiger partial charge in [-0.2, -0.15) is 0 Å². The van der Waals surface area contributed by atoms with Crippen LogP contribution in [0.5, 0.6) is 0 Å². The molecule has 1 fully saturated rings. The summed E-state index contributed by atoms with van der Waals surface area (Å²) in [6.45, 7) is 4.40. The highest BCUT2D eigenvalue weighted by Crippen LogP contribution is 2.33. The van der Waals surface area contributed by atoms with Gasteiger partial charge in [-0.05, 0) is 37.0 Å². The van der Waals surface area contributed by atoms with E-state index in [2.05, 4.69) is 6.58 Å². The molecule has 3 nitrogen and oxygen atoms in total. The third-order valence-electron chi connectivity index (χ3n) is 3.51. The average Bonchev–Trinajstić information content (AvgIpc) is 2.87. The Hall–Kier alpha value is -1.32. The van der Waals surface area contributed by atoms with E-state index in [1.165, 1.54) is 0 Å². The van der Waals surface area contributed by atoms with Gasteiger partial charge in [0.05, 0.1) is 12.1 Å². The molecule has 2 rings (SSSR count). The minimum atomic E-state index is -0.489. The van der Waals surface area contributed by atoms with E-state index < -0.39 is 6.04 Å². The van der Waals surface area contributed by atoms with Gasteiger partial charge < -0.3 is 10.6 Å². The van der Waals surface area contributed by atoms with Crippen LogP contribution in [0.3, 0.4) is 0 Å². The molecule has 1 heterocycles. The van der Waals surface area contributed by atoms with Gasteiger partial charge in [0.25, 0.3) is 0 Å². The van der Waals surface area contributed by atoms with Crippen molar-refractivity contribution in [2.75, 3.05) is 6.54 Å². The summed E-state index contributed by atoms with van der Waals surface area (Å²) in [5, 5.41) is 0.701. The molecule has 2 atom stereocenters. The number of carbonyl (C=O) groups excluding carboxylic acids is 1. The number of nitrogens with zero attached hydrogens (tertiary/aromatic N) is 1. The highest BCUT2D eigenvalue weighted by Gasteiger charge is 2.32. The van der Waals surface area contributed by atoms with Crippen LogP contribution in [-0.4, -0.2) is 23.4 Å². The van der Waals surface area contributed by atoms with E-state index >= 15 is 0 Å². The summed E-state index contributed by atoms with van der Waals surface area (Å²) in [5.74, 6) is 0.00220. The van der Waals surface area contributed by atoms with Gasteiger partial charge in [0.1, 0.15) is 0 Å². The normalized spacial score (nSPS) is 20.3. The molecule has 2 unspecified atom stereocenters. The number of likely N-dealkylation sites (tertiary alicyclic amines) is 1. The monoisotopic (exact) mass is 278 g/mol. The molecule has 1 aliphatic heterocycles. The fourth-order valence-electron chi connectivity index (χ4n) is 2.58. The molecule has 1 saturated heterocycles. The SMILES string of the molecule is C=CCC(N)C(=O)N1CCCC1c1cccc(Cl)c1. The summed E-state index contributed by atoms with van der Waals surface area (Å²) in [5.41, 5.74) is 6.98. The first kappa shape index (κ1) is 14.1. The first-order chi connectivity index (χ1) is 9.13. The van der Waals surface area contributed by atoms with E-state index in [4.69, 9.17) is 17.3 Å². The van der Waals surface area contributed by atoms with Crippen LogP contribution in [0.25, 0.3) is 0 Å². The maximum absolute atomic E-state index is 12.3. The highest BCUT2D eigenvalue weighted by atomic mass is 35.5. The molecule has 0 radical (unpaired) electrons. The minimum Gasteiger partial charge on any atom is -0.334 e. The van der Waals surface area contributed by atoms with E-state index in [1.54, 1.807) is 6.08 Å². The Morgan fingerprint density at radius 2 is 2.42 bits per heavy atom. The Labute approximate surface area is 119 Å². The molecule has 0 bridgehead atoms. The predicted octanol–water partition coefficient (Wildman–Crippen LogP) is 2.91. The number of amides is 1. The van der Waals surface area contributed by atoms with Crippen LogP contribution in [-0.2, 0) is 4.79 Å². The van der Waals surface area contributed by atoms with Crippen molar-refractivity contribution in [1.82, 2.24) is 4.90 Å². The predicted molar refractivity (Wildman–Crippen MR) is 77.9 cm³/mol. The topological polar surface area (TPSA) is 46.3 Å². The van der Waals surface area contributed by atoms with Crippen molar-refractivity contribution in [3.05, 3.63) is 47.5 Å². The number of rotatable bonds is 4. The number of nitrogens with two attached hydrogens (primary N) is 1. The van der Waals surface area contributed by atoms with Crippen molar-refractivity contribution in [2.24, 2.45) is 5.73 Å². The molecular formula is C15H19ClN2O. The van der Waals surface area contributed by atoms with Crippen LogP contribution in [0, 0.1) is 0 Å². The first-order valence-electron chi connectivity index (χ1n) is 6.56. The summed E-state index contributed by atoms with van der Waals surface area (Å²) in [7, 11) is 0. The van der Waals surface area contributed by atoms with E-state index in [-0.39, 0.29) is 11.9 Å². The van der Waals surface area contributed by atoms with Gasteiger partial charge in [-0.1, -0.05) is 29.8 Å². The largest absolute Gasteiger partial charge is 0.334 e. The summed E-state index contributed by atoms with van der Waals surface area (Å²) in [6, 6.07) is 7.31. The fraction of sp³-hybridized carbons (Fsp3) is 0.400. The molecule has 0 spiro atoms. The van der Waals surface area contributed by atoms with E-state index in [1.807, 2.05) is 29.2 Å². The second-order valence-electron chi connectivity index (χ2n) is 4.88. The number of hydrogen-bond acceptors (Lipinski definition) is 2. The molecule has 1 amide bonds. The van der Waals surface area contributed by atoms with Crippen molar-refractivity contribution in [3.63, 3.8) is 0 Å². The first-order valence-corrected chi connectivity index (χ1v) is 6.93. The Kier molecular flexibility index (Phi) is 4.61. The lowest BCUT2D eigenvalue weighted by Crippen LogP contribution is -2.43. The Morgan fingerprint density at radius 1 is 1.63 bits per heavy atom. The number of halogens is 1. The Bertz CT molecular complexity index is 475. The molecular weight excluding hydrogens is 260 g/mol. The highest BCUT2D eigenvalue weighted by molar-refractivity contribution is 6.30. The van der Waals surface area contributed by atoms with Crippen LogP contribution >= 0.6 is 11.6 Å². The molecule has 1 aromatic carbocycles. The molecule has 4 heteroatoms. The number of hydrogen-bond donors (Lipinski definition) is 1. The van der Waals surface area contributed by atoms with E-state index in [9.17, 15) is 4.79 Å². The van der Waals surface area contributed by atoms with Gasteiger partial charge >= 0.3 is 0 Å². The molecule has 2 N–H and O–H groups in total. The third-order valence-corrected chi connectivity index (χ3v) is 3.74. The van der Waals surface area contributed by atoms with Crippen LogP contribution in [0.4, 0.5) is 0 Å². The second-order valence-corrected chi connectivity index (χ2v) is 5.31. The third kappa shape index (κ3) is 3.17. The van der Waals surface area contributed by atoms with Crippen LogP contribution in [0.1, 0.15) is 30.9 Å². The van der Waals surface area contributed by atoms with Gasteiger partial charge in [-0.25, -0.2) is 0 Å². The molecule has 19 heavy (non-hydrogen) atoms. The molecule has 102 valence electrons. The van der Waals surface area contributed by atoms with Gasteiger partial charge in [0.15, 0.2) is 0 Å². The van der Waals surface area contributed by atoms with E-state index in [0.717, 1.165) is 24.9 Å². The molecule has 0 aliphatic carbocycles. The van der Waals surface area contributed by atoms with Crippen molar-refractivity contribution < 1.29 is 4.79 Å². The second kappa shape index (κ2) is 6.22. The molecule has 1 aliphatic rings. The molecule has 0 aromatic heterocycles. The zero-order valence-corrected chi connectivity index (χ0v) is 11.6. The lowest BCUT2D eigenvalue weighted by atomic mass is 10.0. The lowest BCUT2D eigenvalue weighted by molar-refractivity contribution is -0.133. The maximum atomic E-state index is 12.3. The number of benzene rings is 1. The van der Waals surface area contributed by atoms with Gasteiger partial charge in [0.2, 0.25) is 5.91 Å². The Morgan fingerprint density at radius 3 is 3.11 bits per heavy atom. The smallest absolute Gasteiger partial charge is 0.240 e. The van der Waals surface area contributed by atoms with Crippen molar-refractivity contribution in [3.8, 4) is 0 Å². The van der Waals surface area contributed by atoms with Gasteiger partial charge in [-0.15, -0.1) is 6.58 Å². The zero-order chi connectivity index (χ0) is 13.8. The minimum absolute atomic E-state index is 0.00220. The summed E-state index contributed by atoms with van der Waals surface area (Å²) < 4.78 is 0. The average molecular weight is 279 g/mol. The fourth-order valence-corrected chi connectivity index (χ4v) is 2.78. The molecule has 1 aromatic rings. The lowest BCUT2D eigenvalue weighted by Gasteiger charge is -2.27. The van der Waals surface area contributed by atoms with E-state index in [0.29, 0.717) is 11.4 Å². The van der Waals surface area contributed by atoms with Crippen molar-refractivity contribution in [2.45, 2.75) is 31.3 Å². The number of carbonyl (C=O) groups is 1.